The molecule has 0 radical (unpaired) electrons. The molecule has 0 unspecified atom stereocenters. The van der Waals surface area contributed by atoms with E-state index in [1.54, 1.807) is 0 Å². The van der Waals surface area contributed by atoms with Crippen LogP contribution in [-0.4, -0.2) is 4.98 Å². The molecule has 0 atom stereocenters. The number of benzene rings is 2. The molecule has 0 fully saturated rings. The van der Waals surface area contributed by atoms with Crippen molar-refractivity contribution in [3.63, 3.8) is 0 Å². The number of hydrogen-bond donors (Lipinski definition) is 1. The third kappa shape index (κ3) is 2.08. The molecule has 0 aliphatic carbocycles. The number of allylic oxidation sites excluding steroid dienone is 5. The van der Waals surface area contributed by atoms with Crippen LogP contribution in [0.2, 0.25) is 0 Å². The fraction of sp³-hybridized carbons (Fsp3) is 0.0526. The fourth-order valence-electron chi connectivity index (χ4n) is 2.52. The fourth-order valence-corrected chi connectivity index (χ4v) is 2.52. The van der Waals surface area contributed by atoms with E-state index in [2.05, 4.69) is 60.1 Å². The van der Waals surface area contributed by atoms with Crippen LogP contribution in [0, 0.1) is 0 Å². The van der Waals surface area contributed by atoms with Gasteiger partial charge < -0.3 is 4.98 Å². The van der Waals surface area contributed by atoms with E-state index in [4.69, 9.17) is 0 Å². The molecule has 1 aromatic heterocycles. The number of aromatic nitrogens is 1. The zero-order valence-corrected chi connectivity index (χ0v) is 11.6. The summed E-state index contributed by atoms with van der Waals surface area (Å²) in [4.78, 5) is 3.47. The third-order valence-electron chi connectivity index (χ3n) is 3.53. The Labute approximate surface area is 118 Å². The maximum atomic E-state index is 3.90. The minimum atomic E-state index is 1.13. The summed E-state index contributed by atoms with van der Waals surface area (Å²) in [6, 6.07) is 14.9. The predicted molar refractivity (Wildman–Crippen MR) is 88.8 cm³/mol. The molecule has 1 N–H and O–H groups in total. The van der Waals surface area contributed by atoms with Crippen LogP contribution in [0.4, 0.5) is 0 Å². The summed E-state index contributed by atoms with van der Waals surface area (Å²) in [5, 5.41) is 2.53. The molecule has 98 valence electrons. The van der Waals surface area contributed by atoms with Gasteiger partial charge in [0.05, 0.1) is 0 Å². The zero-order chi connectivity index (χ0) is 13.9. The monoisotopic (exact) mass is 259 g/mol. The second-order valence-corrected chi connectivity index (χ2v) is 4.78. The first-order chi connectivity index (χ1) is 9.83. The predicted octanol–water partition coefficient (Wildman–Crippen LogP) is 5.47. The van der Waals surface area contributed by atoms with Crippen LogP contribution < -0.4 is 0 Å². The highest BCUT2D eigenvalue weighted by molar-refractivity contribution is 6.07. The van der Waals surface area contributed by atoms with Crippen molar-refractivity contribution < 1.29 is 0 Å². The average Bonchev–Trinajstić information content (AvgIpc) is 2.86. The molecule has 0 saturated carbocycles. The largest absolute Gasteiger partial charge is 0.354 e. The second kappa shape index (κ2) is 5.22. The van der Waals surface area contributed by atoms with Gasteiger partial charge in [-0.3, -0.25) is 0 Å². The lowest BCUT2D eigenvalue weighted by atomic mass is 10.0. The molecule has 0 saturated heterocycles. The van der Waals surface area contributed by atoms with E-state index in [9.17, 15) is 0 Å². The molecule has 0 spiro atoms. The molecule has 1 heterocycles. The highest BCUT2D eigenvalue weighted by Gasteiger charge is 2.05. The van der Waals surface area contributed by atoms with E-state index in [1.165, 1.54) is 21.9 Å². The van der Waals surface area contributed by atoms with Gasteiger partial charge in [0.2, 0.25) is 0 Å². The molecular weight excluding hydrogens is 242 g/mol. The van der Waals surface area contributed by atoms with Gasteiger partial charge in [0.25, 0.3) is 0 Å². The van der Waals surface area contributed by atoms with Gasteiger partial charge in [0.1, 0.15) is 0 Å². The van der Waals surface area contributed by atoms with Crippen LogP contribution in [0.1, 0.15) is 12.5 Å². The molecule has 20 heavy (non-hydrogen) atoms. The van der Waals surface area contributed by atoms with E-state index in [0.717, 1.165) is 11.1 Å². The minimum Gasteiger partial charge on any atom is -0.354 e. The molecule has 3 aromatic rings. The first-order valence-corrected chi connectivity index (χ1v) is 6.79. The highest BCUT2D eigenvalue weighted by Crippen LogP contribution is 2.28. The van der Waals surface area contributed by atoms with Gasteiger partial charge >= 0.3 is 0 Å². The molecule has 1 nitrogen and oxygen atoms in total. The minimum absolute atomic E-state index is 1.13. The van der Waals surface area contributed by atoms with Gasteiger partial charge in [0, 0.05) is 21.8 Å². The maximum Gasteiger partial charge on any atom is 0.0471 e. The molecule has 0 amide bonds. The highest BCUT2D eigenvalue weighted by atomic mass is 14.7. The Balaban J connectivity index is 2.20. The smallest absolute Gasteiger partial charge is 0.0471 e. The van der Waals surface area contributed by atoms with Crippen molar-refractivity contribution in [1.29, 1.82) is 0 Å². The van der Waals surface area contributed by atoms with Gasteiger partial charge in [-0.2, -0.15) is 0 Å². The number of rotatable bonds is 3. The number of nitrogens with one attached hydrogen (secondary N) is 1. The summed E-state index contributed by atoms with van der Waals surface area (Å²) in [5.41, 5.74) is 4.65. The summed E-state index contributed by atoms with van der Waals surface area (Å²) in [6.07, 6.45) is 8.03. The van der Waals surface area contributed by atoms with Crippen molar-refractivity contribution in [2.24, 2.45) is 0 Å². The van der Waals surface area contributed by atoms with Crippen LogP contribution in [0.25, 0.3) is 27.4 Å². The first kappa shape index (κ1) is 12.5. The van der Waals surface area contributed by atoms with E-state index < -0.39 is 0 Å². The normalized spacial score (nSPS) is 12.6. The standard InChI is InChI=1S/C19H17N/c1-3-5-8-14(4-2)15-11-12-17-16-9-6-7-10-18(16)20-19(17)13-15/h3-13,20H,2H2,1H3/b5-3-,14-8+. The molecule has 2 aromatic carbocycles. The number of para-hydroxylation sites is 1. The van der Waals surface area contributed by atoms with Crippen molar-refractivity contribution in [3.8, 4) is 0 Å². The number of fused-ring (bicyclic) bond motifs is 3. The second-order valence-electron chi connectivity index (χ2n) is 4.78. The summed E-state index contributed by atoms with van der Waals surface area (Å²) >= 11 is 0. The zero-order valence-electron chi connectivity index (χ0n) is 11.6. The summed E-state index contributed by atoms with van der Waals surface area (Å²) < 4.78 is 0. The molecular formula is C19H17N. The van der Waals surface area contributed by atoms with E-state index in [-0.39, 0.29) is 0 Å². The Morgan fingerprint density at radius 1 is 1.05 bits per heavy atom. The lowest BCUT2D eigenvalue weighted by Gasteiger charge is -2.02. The van der Waals surface area contributed by atoms with E-state index >= 15 is 0 Å². The van der Waals surface area contributed by atoms with E-state index in [0.29, 0.717) is 0 Å². The van der Waals surface area contributed by atoms with E-state index in [1.807, 2.05) is 25.2 Å². The Bertz CT molecular complexity index is 831. The Kier molecular flexibility index (Phi) is 3.26. The topological polar surface area (TPSA) is 15.8 Å². The van der Waals surface area contributed by atoms with Gasteiger partial charge in [-0.25, -0.2) is 0 Å². The van der Waals surface area contributed by atoms with Gasteiger partial charge in [0.15, 0.2) is 0 Å². The molecule has 3 rings (SSSR count). The van der Waals surface area contributed by atoms with Crippen molar-refractivity contribution in [2.45, 2.75) is 6.92 Å². The van der Waals surface area contributed by atoms with Crippen molar-refractivity contribution in [2.75, 3.05) is 0 Å². The van der Waals surface area contributed by atoms with Gasteiger partial charge in [-0.05, 0) is 30.2 Å². The third-order valence-corrected chi connectivity index (χ3v) is 3.53. The maximum absolute atomic E-state index is 3.90. The number of hydrogen-bond acceptors (Lipinski definition) is 0. The van der Waals surface area contributed by atoms with Crippen LogP contribution in [0.15, 0.2) is 73.3 Å². The van der Waals surface area contributed by atoms with Crippen LogP contribution in [0.5, 0.6) is 0 Å². The van der Waals surface area contributed by atoms with Crippen molar-refractivity contribution in [3.05, 3.63) is 78.9 Å². The van der Waals surface area contributed by atoms with Crippen LogP contribution >= 0.6 is 0 Å². The lowest BCUT2D eigenvalue weighted by molar-refractivity contribution is 1.53. The molecule has 0 aliphatic rings. The van der Waals surface area contributed by atoms with Crippen molar-refractivity contribution >= 4 is 27.4 Å². The van der Waals surface area contributed by atoms with Gasteiger partial charge in [-0.15, -0.1) is 0 Å². The lowest BCUT2D eigenvalue weighted by Crippen LogP contribution is -1.80. The molecule has 1 heteroatoms. The Morgan fingerprint density at radius 2 is 1.85 bits per heavy atom. The first-order valence-electron chi connectivity index (χ1n) is 6.79. The van der Waals surface area contributed by atoms with Crippen LogP contribution in [-0.2, 0) is 0 Å². The van der Waals surface area contributed by atoms with Crippen LogP contribution in [0.3, 0.4) is 0 Å². The Hall–Kier alpha value is -2.54. The molecule has 0 bridgehead atoms. The summed E-state index contributed by atoms with van der Waals surface area (Å²) in [5.74, 6) is 0. The van der Waals surface area contributed by atoms with Gasteiger partial charge in [-0.1, -0.05) is 61.2 Å². The number of aromatic amines is 1. The molecule has 0 aliphatic heterocycles. The quantitative estimate of drug-likeness (QED) is 0.600. The average molecular weight is 259 g/mol. The Morgan fingerprint density at radius 3 is 2.65 bits per heavy atom. The number of H-pyrrole nitrogens is 1. The SMILES string of the molecule is C=C/C(=C\C=C/C)c1ccc2c(c1)[nH]c1ccccc12. The summed E-state index contributed by atoms with van der Waals surface area (Å²) in [6.45, 7) is 5.91. The summed E-state index contributed by atoms with van der Waals surface area (Å²) in [7, 11) is 0. The van der Waals surface area contributed by atoms with Crippen molar-refractivity contribution in [1.82, 2.24) is 4.98 Å².